The van der Waals surface area contributed by atoms with Gasteiger partial charge in [0.25, 0.3) is 0 Å². The Labute approximate surface area is 123 Å². The van der Waals surface area contributed by atoms with Crippen LogP contribution >= 0.6 is 11.6 Å². The van der Waals surface area contributed by atoms with E-state index in [-0.39, 0.29) is 6.61 Å². The third-order valence-corrected chi connectivity index (χ3v) is 3.18. The number of esters is 1. The molecule has 0 saturated carbocycles. The molecule has 0 aliphatic rings. The highest BCUT2D eigenvalue weighted by Gasteiger charge is 2.12. The first kappa shape index (κ1) is 14.4. The minimum atomic E-state index is -0.450. The van der Waals surface area contributed by atoms with Crippen LogP contribution in [0.25, 0.3) is 0 Å². The van der Waals surface area contributed by atoms with Crippen LogP contribution in [-0.4, -0.2) is 5.97 Å². The van der Waals surface area contributed by atoms with Crippen molar-refractivity contribution in [2.75, 3.05) is 5.73 Å². The second-order valence-electron chi connectivity index (χ2n) is 4.81. The summed E-state index contributed by atoms with van der Waals surface area (Å²) in [5, 5.41) is 0.301. The number of carbonyl (C=O) groups excluding carboxylic acids is 1. The summed E-state index contributed by atoms with van der Waals surface area (Å²) in [6.07, 6.45) is 0. The Balaban J connectivity index is 2.08. The maximum atomic E-state index is 12.0. The minimum Gasteiger partial charge on any atom is -0.457 e. The first-order chi connectivity index (χ1) is 9.45. The van der Waals surface area contributed by atoms with E-state index in [1.165, 1.54) is 6.07 Å². The lowest BCUT2D eigenvalue weighted by Crippen LogP contribution is -2.06. The largest absolute Gasteiger partial charge is 0.457 e. The third-order valence-electron chi connectivity index (χ3n) is 2.86. The summed E-state index contributed by atoms with van der Waals surface area (Å²) in [6.45, 7) is 4.24. The normalized spacial score (nSPS) is 10.3. The second-order valence-corrected chi connectivity index (χ2v) is 5.22. The smallest absolute Gasteiger partial charge is 0.339 e. The van der Waals surface area contributed by atoms with Gasteiger partial charge in [0.2, 0.25) is 0 Å². The molecule has 3 nitrogen and oxygen atoms in total. The van der Waals surface area contributed by atoms with Gasteiger partial charge in [0.1, 0.15) is 6.61 Å². The average molecular weight is 290 g/mol. The van der Waals surface area contributed by atoms with E-state index >= 15 is 0 Å². The number of halogens is 1. The molecule has 4 heteroatoms. The Hall–Kier alpha value is -2.00. The predicted molar refractivity (Wildman–Crippen MR) is 80.9 cm³/mol. The second kappa shape index (κ2) is 5.97. The molecule has 0 saturated heterocycles. The van der Waals surface area contributed by atoms with Gasteiger partial charge in [-0.25, -0.2) is 4.79 Å². The highest BCUT2D eigenvalue weighted by Crippen LogP contribution is 2.20. The molecule has 0 fully saturated rings. The molecule has 0 amide bonds. The highest BCUT2D eigenvalue weighted by atomic mass is 35.5. The Morgan fingerprint density at radius 3 is 2.40 bits per heavy atom. The molecule has 2 aromatic rings. The maximum absolute atomic E-state index is 12.0. The molecular formula is C16H16ClNO2. The number of carbonyl (C=O) groups is 1. The van der Waals surface area contributed by atoms with Crippen LogP contribution in [-0.2, 0) is 11.3 Å². The number of nitrogen functional groups attached to an aromatic ring is 1. The summed E-state index contributed by atoms with van der Waals surface area (Å²) < 4.78 is 5.28. The molecule has 104 valence electrons. The molecule has 0 radical (unpaired) electrons. The summed E-state index contributed by atoms with van der Waals surface area (Å²) in [5.41, 5.74) is 9.67. The van der Waals surface area contributed by atoms with E-state index < -0.39 is 5.97 Å². The Morgan fingerprint density at radius 1 is 1.15 bits per heavy atom. The van der Waals surface area contributed by atoms with E-state index in [1.54, 1.807) is 12.1 Å². The number of nitrogens with two attached hydrogens (primary N) is 1. The molecule has 0 unspecified atom stereocenters. The molecule has 0 aliphatic heterocycles. The number of benzene rings is 2. The predicted octanol–water partition coefficient (Wildman–Crippen LogP) is 3.90. The zero-order valence-electron chi connectivity index (χ0n) is 11.4. The quantitative estimate of drug-likeness (QED) is 0.689. The molecule has 0 aliphatic carbocycles. The fraction of sp³-hybridized carbons (Fsp3) is 0.188. The fourth-order valence-corrected chi connectivity index (χ4v) is 2.34. The van der Waals surface area contributed by atoms with E-state index in [4.69, 9.17) is 22.1 Å². The van der Waals surface area contributed by atoms with Crippen LogP contribution in [0.3, 0.4) is 0 Å². The van der Waals surface area contributed by atoms with E-state index in [0.29, 0.717) is 16.3 Å². The van der Waals surface area contributed by atoms with Crippen molar-refractivity contribution in [1.29, 1.82) is 0 Å². The lowest BCUT2D eigenvalue weighted by molar-refractivity contribution is 0.0473. The number of hydrogen-bond donors (Lipinski definition) is 1. The van der Waals surface area contributed by atoms with Gasteiger partial charge in [-0.3, -0.25) is 0 Å². The van der Waals surface area contributed by atoms with Crippen molar-refractivity contribution >= 4 is 23.3 Å². The molecule has 2 N–H and O–H groups in total. The van der Waals surface area contributed by atoms with Crippen LogP contribution in [0.4, 0.5) is 5.69 Å². The Kier molecular flexibility index (Phi) is 4.30. The van der Waals surface area contributed by atoms with Gasteiger partial charge in [-0.15, -0.1) is 0 Å². The SMILES string of the molecule is Cc1cc(C)cc(COC(=O)c2ccc(N)cc2Cl)c1. The summed E-state index contributed by atoms with van der Waals surface area (Å²) in [5.74, 6) is -0.450. The van der Waals surface area contributed by atoms with Gasteiger partial charge in [0.15, 0.2) is 0 Å². The van der Waals surface area contributed by atoms with Crippen molar-refractivity contribution in [1.82, 2.24) is 0 Å². The Bertz CT molecular complexity index is 633. The van der Waals surface area contributed by atoms with Crippen LogP contribution in [0.15, 0.2) is 36.4 Å². The van der Waals surface area contributed by atoms with Gasteiger partial charge in [0, 0.05) is 5.69 Å². The Morgan fingerprint density at radius 2 is 1.80 bits per heavy atom. The van der Waals surface area contributed by atoms with Crippen molar-refractivity contribution in [3.05, 3.63) is 63.7 Å². The van der Waals surface area contributed by atoms with Gasteiger partial charge in [-0.05, 0) is 37.6 Å². The van der Waals surface area contributed by atoms with Crippen LogP contribution in [0.2, 0.25) is 5.02 Å². The first-order valence-corrected chi connectivity index (χ1v) is 6.63. The average Bonchev–Trinajstić information content (AvgIpc) is 2.35. The number of anilines is 1. The van der Waals surface area contributed by atoms with Gasteiger partial charge < -0.3 is 10.5 Å². The molecule has 2 rings (SSSR count). The number of aryl methyl sites for hydroxylation is 2. The fourth-order valence-electron chi connectivity index (χ4n) is 2.08. The molecular weight excluding hydrogens is 274 g/mol. The number of hydrogen-bond acceptors (Lipinski definition) is 3. The summed E-state index contributed by atoms with van der Waals surface area (Å²) in [7, 11) is 0. The van der Waals surface area contributed by atoms with Crippen LogP contribution in [0, 0.1) is 13.8 Å². The first-order valence-electron chi connectivity index (χ1n) is 6.25. The molecule has 2 aromatic carbocycles. The standard InChI is InChI=1S/C16H16ClNO2/c1-10-5-11(2)7-12(6-10)9-20-16(19)14-4-3-13(18)8-15(14)17/h3-8H,9,18H2,1-2H3. The van der Waals surface area contributed by atoms with Crippen molar-refractivity contribution in [2.45, 2.75) is 20.5 Å². The third kappa shape index (κ3) is 3.52. The molecule has 0 aromatic heterocycles. The summed E-state index contributed by atoms with van der Waals surface area (Å²) in [4.78, 5) is 12.0. The zero-order valence-corrected chi connectivity index (χ0v) is 12.2. The maximum Gasteiger partial charge on any atom is 0.339 e. The molecule has 0 heterocycles. The topological polar surface area (TPSA) is 52.3 Å². The van der Waals surface area contributed by atoms with Crippen LogP contribution < -0.4 is 5.73 Å². The molecule has 0 spiro atoms. The monoisotopic (exact) mass is 289 g/mol. The summed E-state index contributed by atoms with van der Waals surface area (Å²) >= 11 is 5.98. The lowest BCUT2D eigenvalue weighted by Gasteiger charge is -2.08. The molecule has 0 bridgehead atoms. The lowest BCUT2D eigenvalue weighted by atomic mass is 10.1. The molecule has 0 atom stereocenters. The van der Waals surface area contributed by atoms with Crippen molar-refractivity contribution in [2.24, 2.45) is 0 Å². The van der Waals surface area contributed by atoms with E-state index in [0.717, 1.165) is 16.7 Å². The van der Waals surface area contributed by atoms with Crippen LogP contribution in [0.1, 0.15) is 27.0 Å². The minimum absolute atomic E-state index is 0.224. The zero-order chi connectivity index (χ0) is 14.7. The summed E-state index contributed by atoms with van der Waals surface area (Å²) in [6, 6.07) is 10.8. The van der Waals surface area contributed by atoms with Gasteiger partial charge in [-0.1, -0.05) is 40.9 Å². The van der Waals surface area contributed by atoms with Gasteiger partial charge >= 0.3 is 5.97 Å². The van der Waals surface area contributed by atoms with Crippen molar-refractivity contribution in [3.8, 4) is 0 Å². The van der Waals surface area contributed by atoms with E-state index in [9.17, 15) is 4.79 Å². The van der Waals surface area contributed by atoms with Crippen LogP contribution in [0.5, 0.6) is 0 Å². The van der Waals surface area contributed by atoms with E-state index in [2.05, 4.69) is 6.07 Å². The van der Waals surface area contributed by atoms with E-state index in [1.807, 2.05) is 26.0 Å². The van der Waals surface area contributed by atoms with Crippen molar-refractivity contribution < 1.29 is 9.53 Å². The van der Waals surface area contributed by atoms with Crippen molar-refractivity contribution in [3.63, 3.8) is 0 Å². The number of rotatable bonds is 3. The van der Waals surface area contributed by atoms with Gasteiger partial charge in [0.05, 0.1) is 10.6 Å². The highest BCUT2D eigenvalue weighted by molar-refractivity contribution is 6.33. The molecule has 20 heavy (non-hydrogen) atoms. The van der Waals surface area contributed by atoms with Gasteiger partial charge in [-0.2, -0.15) is 0 Å². The number of ether oxygens (including phenoxy) is 1.